The summed E-state index contributed by atoms with van der Waals surface area (Å²) >= 11 is 0. The summed E-state index contributed by atoms with van der Waals surface area (Å²) in [7, 11) is 5.84. The predicted molar refractivity (Wildman–Crippen MR) is 72.2 cm³/mol. The zero-order valence-corrected chi connectivity index (χ0v) is 11.8. The van der Waals surface area contributed by atoms with Crippen molar-refractivity contribution < 1.29 is 4.79 Å². The van der Waals surface area contributed by atoms with E-state index in [2.05, 4.69) is 10.3 Å². The molecule has 0 aliphatic carbocycles. The fourth-order valence-electron chi connectivity index (χ4n) is 1.89. The molecule has 6 nitrogen and oxygen atoms in total. The highest BCUT2D eigenvalue weighted by Crippen LogP contribution is 2.11. The highest BCUT2D eigenvalue weighted by molar-refractivity contribution is 5.80. The van der Waals surface area contributed by atoms with E-state index in [1.807, 2.05) is 44.5 Å². The van der Waals surface area contributed by atoms with Crippen LogP contribution in [0.4, 0.5) is 5.95 Å². The summed E-state index contributed by atoms with van der Waals surface area (Å²) < 4.78 is 1.99. The van der Waals surface area contributed by atoms with Crippen LogP contribution in [0.1, 0.15) is 19.5 Å². The smallest absolute Gasteiger partial charge is 0.234 e. The minimum absolute atomic E-state index is 0.170. The molecule has 3 N–H and O–H groups in total. The third-order valence-electron chi connectivity index (χ3n) is 2.94. The van der Waals surface area contributed by atoms with Gasteiger partial charge in [-0.3, -0.25) is 10.1 Å². The number of rotatable bonds is 6. The maximum absolute atomic E-state index is 11.3. The third-order valence-corrected chi connectivity index (χ3v) is 2.94. The Kier molecular flexibility index (Phi) is 4.72. The number of nitrogens with two attached hydrogens (primary N) is 1. The van der Waals surface area contributed by atoms with Crippen LogP contribution in [0.3, 0.4) is 0 Å². The molecule has 1 rings (SSSR count). The van der Waals surface area contributed by atoms with Gasteiger partial charge in [0.15, 0.2) is 0 Å². The second-order valence-electron chi connectivity index (χ2n) is 5.01. The zero-order valence-electron chi connectivity index (χ0n) is 11.8. The fourth-order valence-corrected chi connectivity index (χ4v) is 1.89. The monoisotopic (exact) mass is 253 g/mol. The molecule has 1 aromatic heterocycles. The minimum atomic E-state index is -0.319. The Balaban J connectivity index is 2.71. The van der Waals surface area contributed by atoms with Gasteiger partial charge in [-0.1, -0.05) is 13.8 Å². The lowest BCUT2D eigenvalue weighted by Gasteiger charge is -2.19. The van der Waals surface area contributed by atoms with Gasteiger partial charge in [-0.25, -0.2) is 4.98 Å². The Hall–Kier alpha value is -1.56. The lowest BCUT2D eigenvalue weighted by Crippen LogP contribution is -2.44. The maximum atomic E-state index is 11.3. The van der Waals surface area contributed by atoms with Crippen molar-refractivity contribution in [1.82, 2.24) is 14.9 Å². The molecule has 1 aromatic rings. The van der Waals surface area contributed by atoms with Crippen molar-refractivity contribution in [1.29, 1.82) is 0 Å². The fraction of sp³-hybridized carbons (Fsp3) is 0.667. The molecule has 0 fully saturated rings. The Bertz CT molecular complexity index is 411. The van der Waals surface area contributed by atoms with Crippen LogP contribution in [0.25, 0.3) is 0 Å². The number of nitrogens with one attached hydrogen (secondary N) is 1. The molecule has 1 heterocycles. The van der Waals surface area contributed by atoms with Crippen molar-refractivity contribution in [3.63, 3.8) is 0 Å². The van der Waals surface area contributed by atoms with Crippen molar-refractivity contribution in [2.45, 2.75) is 26.4 Å². The van der Waals surface area contributed by atoms with Crippen molar-refractivity contribution >= 4 is 11.9 Å². The first-order valence-electron chi connectivity index (χ1n) is 6.05. The van der Waals surface area contributed by atoms with Crippen molar-refractivity contribution in [2.75, 3.05) is 19.0 Å². The number of anilines is 1. The van der Waals surface area contributed by atoms with Gasteiger partial charge in [0.1, 0.15) is 0 Å². The number of primary amides is 1. The topological polar surface area (TPSA) is 76.2 Å². The molecule has 0 aliphatic heterocycles. The molecule has 18 heavy (non-hydrogen) atoms. The van der Waals surface area contributed by atoms with Gasteiger partial charge in [-0.05, 0) is 5.92 Å². The second-order valence-corrected chi connectivity index (χ2v) is 5.01. The van der Waals surface area contributed by atoms with Crippen molar-refractivity contribution in [3.05, 3.63) is 11.9 Å². The molecular weight excluding hydrogens is 230 g/mol. The molecule has 1 unspecified atom stereocenters. The van der Waals surface area contributed by atoms with Gasteiger partial charge < -0.3 is 15.2 Å². The summed E-state index contributed by atoms with van der Waals surface area (Å²) in [5, 5.41) is 3.17. The third kappa shape index (κ3) is 3.22. The summed E-state index contributed by atoms with van der Waals surface area (Å²) in [6.07, 6.45) is 1.81. The van der Waals surface area contributed by atoms with E-state index in [9.17, 15) is 4.79 Å². The standard InChI is InChI=1S/C12H23N5O/c1-8(2)10(11(13)18)14-6-9-7-15-12(16(3)4)17(9)5/h7-8,10,14H,6H2,1-5H3,(H2,13,18). The number of hydrogen-bond acceptors (Lipinski definition) is 4. The molecular formula is C12H23N5O. The molecule has 0 aliphatic rings. The average Bonchev–Trinajstić information content (AvgIpc) is 2.59. The Morgan fingerprint density at radius 1 is 1.56 bits per heavy atom. The Morgan fingerprint density at radius 2 is 2.17 bits per heavy atom. The molecule has 0 aromatic carbocycles. The van der Waals surface area contributed by atoms with E-state index in [4.69, 9.17) is 5.73 Å². The normalized spacial score (nSPS) is 12.8. The molecule has 0 spiro atoms. The Morgan fingerprint density at radius 3 is 2.56 bits per heavy atom. The van der Waals surface area contributed by atoms with Crippen LogP contribution in [0.2, 0.25) is 0 Å². The number of amides is 1. The van der Waals surface area contributed by atoms with Crippen molar-refractivity contribution in [2.24, 2.45) is 18.7 Å². The number of hydrogen-bond donors (Lipinski definition) is 2. The molecule has 102 valence electrons. The minimum Gasteiger partial charge on any atom is -0.368 e. The number of carbonyl (C=O) groups is 1. The van der Waals surface area contributed by atoms with E-state index >= 15 is 0 Å². The number of carbonyl (C=O) groups excluding carboxylic acids is 1. The van der Waals surface area contributed by atoms with Gasteiger partial charge in [0.2, 0.25) is 11.9 Å². The van der Waals surface area contributed by atoms with Gasteiger partial charge >= 0.3 is 0 Å². The second kappa shape index (κ2) is 5.86. The number of nitrogens with zero attached hydrogens (tertiary/aromatic N) is 3. The van der Waals surface area contributed by atoms with Gasteiger partial charge in [0.25, 0.3) is 0 Å². The summed E-state index contributed by atoms with van der Waals surface area (Å²) in [5.74, 6) is 0.732. The lowest BCUT2D eigenvalue weighted by molar-refractivity contribution is -0.121. The Labute approximate surface area is 108 Å². The lowest BCUT2D eigenvalue weighted by atomic mass is 10.0. The van der Waals surface area contributed by atoms with Crippen LogP contribution in [-0.4, -0.2) is 35.6 Å². The van der Waals surface area contributed by atoms with Crippen LogP contribution >= 0.6 is 0 Å². The van der Waals surface area contributed by atoms with E-state index < -0.39 is 0 Å². The van der Waals surface area contributed by atoms with Gasteiger partial charge in [-0.15, -0.1) is 0 Å². The molecule has 1 amide bonds. The largest absolute Gasteiger partial charge is 0.368 e. The number of aromatic nitrogens is 2. The molecule has 1 atom stereocenters. The average molecular weight is 253 g/mol. The maximum Gasteiger partial charge on any atom is 0.234 e. The van der Waals surface area contributed by atoms with Crippen molar-refractivity contribution in [3.8, 4) is 0 Å². The van der Waals surface area contributed by atoms with Gasteiger partial charge in [-0.2, -0.15) is 0 Å². The summed E-state index contributed by atoms with van der Waals surface area (Å²) in [5.41, 5.74) is 6.38. The van der Waals surface area contributed by atoms with Crippen LogP contribution in [0.15, 0.2) is 6.20 Å². The van der Waals surface area contributed by atoms with Gasteiger partial charge in [0.05, 0.1) is 17.9 Å². The van der Waals surface area contributed by atoms with Crippen LogP contribution in [-0.2, 0) is 18.4 Å². The van der Waals surface area contributed by atoms with E-state index in [1.165, 1.54) is 0 Å². The van der Waals surface area contributed by atoms with E-state index in [0.29, 0.717) is 6.54 Å². The summed E-state index contributed by atoms with van der Waals surface area (Å²) in [6.45, 7) is 4.51. The SMILES string of the molecule is CC(C)C(NCc1cnc(N(C)C)n1C)C(N)=O. The zero-order chi connectivity index (χ0) is 13.9. The first-order chi connectivity index (χ1) is 8.34. The first-order valence-corrected chi connectivity index (χ1v) is 6.05. The van der Waals surface area contributed by atoms with E-state index in [-0.39, 0.29) is 17.9 Å². The van der Waals surface area contributed by atoms with E-state index in [0.717, 1.165) is 11.6 Å². The first kappa shape index (κ1) is 14.5. The molecule has 0 radical (unpaired) electrons. The molecule has 6 heteroatoms. The molecule has 0 saturated carbocycles. The summed E-state index contributed by atoms with van der Waals surface area (Å²) in [4.78, 5) is 17.5. The summed E-state index contributed by atoms with van der Waals surface area (Å²) in [6, 6.07) is -0.317. The highest BCUT2D eigenvalue weighted by atomic mass is 16.1. The predicted octanol–water partition coefficient (Wildman–Crippen LogP) is 0.0856. The number of imidazole rings is 1. The quantitative estimate of drug-likeness (QED) is 0.753. The van der Waals surface area contributed by atoms with Crippen LogP contribution in [0, 0.1) is 5.92 Å². The van der Waals surface area contributed by atoms with Crippen LogP contribution in [0.5, 0.6) is 0 Å². The molecule has 0 bridgehead atoms. The molecule has 0 saturated heterocycles. The van der Waals surface area contributed by atoms with Crippen LogP contribution < -0.4 is 16.0 Å². The van der Waals surface area contributed by atoms with E-state index in [1.54, 1.807) is 6.20 Å². The van der Waals surface area contributed by atoms with Gasteiger partial charge in [0, 0.05) is 27.7 Å². The highest BCUT2D eigenvalue weighted by Gasteiger charge is 2.19.